The maximum absolute atomic E-state index is 5.90. The Kier molecular flexibility index (Phi) is 1.33. The molecule has 4 aliphatic rings. The van der Waals surface area contributed by atoms with E-state index >= 15 is 0 Å². The van der Waals surface area contributed by atoms with Crippen molar-refractivity contribution >= 4 is 0 Å². The summed E-state index contributed by atoms with van der Waals surface area (Å²) in [5.41, 5.74) is -0.0593. The standard InChI is InChI=1S/C10H15O3/c1-9(2)6-4-7-12-8(11-6)5-10(9,3)13-7/h7-8H,4-5H2,1-3H3. The molecule has 0 aliphatic carbocycles. The second-order valence-corrected chi connectivity index (χ2v) is 4.92. The van der Waals surface area contributed by atoms with Crippen molar-refractivity contribution in [1.82, 2.24) is 0 Å². The van der Waals surface area contributed by atoms with Gasteiger partial charge in [0.25, 0.3) is 0 Å². The molecule has 4 fully saturated rings. The van der Waals surface area contributed by atoms with E-state index in [9.17, 15) is 0 Å². The molecule has 4 aliphatic heterocycles. The van der Waals surface area contributed by atoms with Crippen LogP contribution in [0.3, 0.4) is 0 Å². The molecule has 0 saturated carbocycles. The van der Waals surface area contributed by atoms with Gasteiger partial charge in [-0.05, 0) is 6.92 Å². The van der Waals surface area contributed by atoms with Gasteiger partial charge in [-0.25, -0.2) is 0 Å². The van der Waals surface area contributed by atoms with E-state index in [1.54, 1.807) is 0 Å². The van der Waals surface area contributed by atoms with Gasteiger partial charge in [0.05, 0.1) is 5.60 Å². The smallest absolute Gasteiger partial charge is 0.164 e. The van der Waals surface area contributed by atoms with Gasteiger partial charge in [0, 0.05) is 18.3 Å². The summed E-state index contributed by atoms with van der Waals surface area (Å²) in [5, 5.41) is 0. The summed E-state index contributed by atoms with van der Waals surface area (Å²) < 4.78 is 17.1. The third kappa shape index (κ3) is 0.853. The summed E-state index contributed by atoms with van der Waals surface area (Å²) in [5.74, 6) is 0. The van der Waals surface area contributed by atoms with Crippen molar-refractivity contribution < 1.29 is 14.2 Å². The Balaban J connectivity index is 2.03. The molecule has 13 heavy (non-hydrogen) atoms. The van der Waals surface area contributed by atoms with Crippen molar-refractivity contribution in [2.75, 3.05) is 0 Å². The van der Waals surface area contributed by atoms with Crippen LogP contribution in [0.15, 0.2) is 0 Å². The van der Waals surface area contributed by atoms with Crippen LogP contribution in [-0.4, -0.2) is 18.2 Å². The Hall–Kier alpha value is -0.120. The lowest BCUT2D eigenvalue weighted by atomic mass is 9.65. The predicted molar refractivity (Wildman–Crippen MR) is 45.5 cm³/mol. The van der Waals surface area contributed by atoms with Gasteiger partial charge in [0.1, 0.15) is 6.10 Å². The lowest BCUT2D eigenvalue weighted by Crippen LogP contribution is -2.66. The Morgan fingerprint density at radius 1 is 1.23 bits per heavy atom. The zero-order valence-corrected chi connectivity index (χ0v) is 8.29. The van der Waals surface area contributed by atoms with Crippen molar-refractivity contribution in [3.05, 3.63) is 6.10 Å². The van der Waals surface area contributed by atoms with Gasteiger partial charge < -0.3 is 14.2 Å². The molecule has 1 radical (unpaired) electrons. The molecule has 0 amide bonds. The van der Waals surface area contributed by atoms with E-state index in [0.717, 1.165) is 18.9 Å². The summed E-state index contributed by atoms with van der Waals surface area (Å²) in [7, 11) is 0. The SMILES string of the molecule is CC12CC3O[C](CC(O3)O1)C2(C)C. The molecule has 4 heterocycles. The van der Waals surface area contributed by atoms with Crippen molar-refractivity contribution in [1.29, 1.82) is 0 Å². The average Bonchev–Trinajstić information content (AvgIpc) is 1.99. The van der Waals surface area contributed by atoms with Gasteiger partial charge in [0.2, 0.25) is 0 Å². The molecular weight excluding hydrogens is 168 g/mol. The van der Waals surface area contributed by atoms with E-state index < -0.39 is 0 Å². The normalized spacial score (nSPS) is 52.8. The number of hydrogen-bond donors (Lipinski definition) is 0. The van der Waals surface area contributed by atoms with Crippen LogP contribution in [0.4, 0.5) is 0 Å². The summed E-state index contributed by atoms with van der Waals surface area (Å²) in [4.78, 5) is 0. The lowest BCUT2D eigenvalue weighted by molar-refractivity contribution is -0.421. The predicted octanol–water partition coefficient (Wildman–Crippen LogP) is 1.83. The Morgan fingerprint density at radius 3 is 2.62 bits per heavy atom. The lowest BCUT2D eigenvalue weighted by Gasteiger charge is -2.62. The molecule has 4 rings (SSSR count). The van der Waals surface area contributed by atoms with Crippen LogP contribution in [0.5, 0.6) is 0 Å². The van der Waals surface area contributed by atoms with Gasteiger partial charge in [-0.3, -0.25) is 0 Å². The first-order valence-electron chi connectivity index (χ1n) is 4.87. The third-order valence-corrected chi connectivity index (χ3v) is 3.90. The Bertz CT molecular complexity index is 235. The minimum Gasteiger partial charge on any atom is -0.345 e. The largest absolute Gasteiger partial charge is 0.345 e. The van der Waals surface area contributed by atoms with Gasteiger partial charge in [-0.2, -0.15) is 0 Å². The fourth-order valence-electron chi connectivity index (χ4n) is 2.52. The first-order chi connectivity index (χ1) is 6.01. The topological polar surface area (TPSA) is 27.7 Å². The molecule has 4 saturated heterocycles. The van der Waals surface area contributed by atoms with Crippen LogP contribution in [0, 0.1) is 11.5 Å². The molecular formula is C10H15O3. The summed E-state index contributed by atoms with van der Waals surface area (Å²) in [6, 6.07) is 0. The van der Waals surface area contributed by atoms with Crippen LogP contribution in [0.25, 0.3) is 0 Å². The van der Waals surface area contributed by atoms with E-state index in [4.69, 9.17) is 14.2 Å². The minimum atomic E-state index is -0.0909. The maximum Gasteiger partial charge on any atom is 0.164 e. The number of ether oxygens (including phenoxy) is 3. The molecule has 0 aromatic rings. The Morgan fingerprint density at radius 2 is 2.00 bits per heavy atom. The highest BCUT2D eigenvalue weighted by molar-refractivity contribution is 5.15. The fraction of sp³-hybridized carbons (Fsp3) is 0.900. The monoisotopic (exact) mass is 183 g/mol. The highest BCUT2D eigenvalue weighted by Gasteiger charge is 2.62. The summed E-state index contributed by atoms with van der Waals surface area (Å²) in [6.07, 6.45) is 2.70. The minimum absolute atomic E-state index is 0.0315. The van der Waals surface area contributed by atoms with Crippen LogP contribution >= 0.6 is 0 Å². The molecule has 0 aromatic carbocycles. The van der Waals surface area contributed by atoms with E-state index in [1.807, 2.05) is 0 Å². The maximum atomic E-state index is 5.90. The molecule has 0 N–H and O–H groups in total. The quantitative estimate of drug-likeness (QED) is 0.573. The van der Waals surface area contributed by atoms with Crippen LogP contribution < -0.4 is 0 Å². The average molecular weight is 183 g/mol. The molecule has 3 atom stereocenters. The number of rotatable bonds is 0. The van der Waals surface area contributed by atoms with Crippen LogP contribution in [0.1, 0.15) is 33.6 Å². The highest BCUT2D eigenvalue weighted by atomic mass is 16.8. The van der Waals surface area contributed by atoms with Crippen molar-refractivity contribution in [2.24, 2.45) is 5.41 Å². The van der Waals surface area contributed by atoms with E-state index in [1.165, 1.54) is 0 Å². The van der Waals surface area contributed by atoms with Gasteiger partial charge in [-0.1, -0.05) is 13.8 Å². The second-order valence-electron chi connectivity index (χ2n) is 4.92. The Labute approximate surface area is 78.3 Å². The molecule has 3 nitrogen and oxygen atoms in total. The number of hydrogen-bond acceptors (Lipinski definition) is 3. The molecule has 4 bridgehead atoms. The van der Waals surface area contributed by atoms with Gasteiger partial charge in [0.15, 0.2) is 12.6 Å². The highest BCUT2D eigenvalue weighted by Crippen LogP contribution is 2.59. The van der Waals surface area contributed by atoms with Crippen molar-refractivity contribution in [3.63, 3.8) is 0 Å². The van der Waals surface area contributed by atoms with Crippen molar-refractivity contribution in [3.8, 4) is 0 Å². The molecule has 3 heteroatoms. The zero-order valence-electron chi connectivity index (χ0n) is 8.29. The van der Waals surface area contributed by atoms with Gasteiger partial charge >= 0.3 is 0 Å². The molecule has 3 unspecified atom stereocenters. The molecule has 0 spiro atoms. The zero-order chi connectivity index (χ0) is 9.27. The third-order valence-electron chi connectivity index (χ3n) is 3.90. The van der Waals surface area contributed by atoms with E-state index in [-0.39, 0.29) is 23.6 Å². The summed E-state index contributed by atoms with van der Waals surface area (Å²) >= 11 is 0. The first-order valence-corrected chi connectivity index (χ1v) is 4.87. The molecule has 73 valence electrons. The van der Waals surface area contributed by atoms with Crippen molar-refractivity contribution in [2.45, 2.75) is 51.8 Å². The van der Waals surface area contributed by atoms with Gasteiger partial charge in [-0.15, -0.1) is 0 Å². The second kappa shape index (κ2) is 2.10. The fourth-order valence-corrected chi connectivity index (χ4v) is 2.52. The summed E-state index contributed by atoms with van der Waals surface area (Å²) in [6.45, 7) is 6.55. The molecule has 0 aromatic heterocycles. The van der Waals surface area contributed by atoms with E-state index in [0.29, 0.717) is 0 Å². The first kappa shape index (κ1) is 8.21. The van der Waals surface area contributed by atoms with Crippen LogP contribution in [-0.2, 0) is 14.2 Å². The van der Waals surface area contributed by atoms with Crippen LogP contribution in [0.2, 0.25) is 0 Å². The van der Waals surface area contributed by atoms with E-state index in [2.05, 4.69) is 20.8 Å².